The van der Waals surface area contributed by atoms with Gasteiger partial charge in [0.15, 0.2) is 0 Å². The minimum Gasteiger partial charge on any atom is -0.478 e. The predicted molar refractivity (Wildman–Crippen MR) is 75.5 cm³/mol. The second kappa shape index (κ2) is 6.83. The zero-order valence-corrected chi connectivity index (χ0v) is 11.6. The highest BCUT2D eigenvalue weighted by atomic mass is 35.5. The van der Waals surface area contributed by atoms with E-state index < -0.39 is 0 Å². The van der Waals surface area contributed by atoms with Crippen molar-refractivity contribution in [3.63, 3.8) is 0 Å². The summed E-state index contributed by atoms with van der Waals surface area (Å²) >= 11 is 6.42. The molecule has 0 radical (unpaired) electrons. The number of rotatable bonds is 4. The number of pyridine rings is 1. The van der Waals surface area contributed by atoms with Crippen LogP contribution in [0, 0.1) is 0 Å². The molecule has 18 heavy (non-hydrogen) atoms. The molecule has 1 heterocycles. The lowest BCUT2D eigenvalue weighted by atomic mass is 10.1. The molecule has 1 saturated carbocycles. The quantitative estimate of drug-likeness (QED) is 0.666. The average Bonchev–Trinajstić information content (AvgIpc) is 2.56. The second-order valence-corrected chi connectivity index (χ2v) is 5.26. The van der Waals surface area contributed by atoms with Gasteiger partial charge in [0.2, 0.25) is 5.88 Å². The Morgan fingerprint density at radius 3 is 3.00 bits per heavy atom. The van der Waals surface area contributed by atoms with Crippen molar-refractivity contribution >= 4 is 17.4 Å². The van der Waals surface area contributed by atoms with E-state index in [1.165, 1.54) is 19.3 Å². The zero-order chi connectivity index (χ0) is 12.8. The van der Waals surface area contributed by atoms with Crippen LogP contribution in [0.3, 0.4) is 0 Å². The summed E-state index contributed by atoms with van der Waals surface area (Å²) in [6.07, 6.45) is 5.97. The number of ether oxygens (including phenoxy) is 1. The number of nitrogens with zero attached hydrogens (tertiary/aromatic N) is 1. The molecule has 0 bridgehead atoms. The molecule has 1 aliphatic carbocycles. The van der Waals surface area contributed by atoms with Gasteiger partial charge >= 0.3 is 0 Å². The number of anilines is 1. The van der Waals surface area contributed by atoms with Gasteiger partial charge in [-0.3, -0.25) is 0 Å². The van der Waals surface area contributed by atoms with Crippen LogP contribution in [-0.2, 0) is 0 Å². The monoisotopic (exact) mass is 268 g/mol. The lowest BCUT2D eigenvalue weighted by Gasteiger charge is -2.21. The summed E-state index contributed by atoms with van der Waals surface area (Å²) in [5.41, 5.74) is 0. The van der Waals surface area contributed by atoms with E-state index in [-0.39, 0.29) is 5.38 Å². The molecule has 0 aliphatic heterocycles. The molecule has 1 N–H and O–H groups in total. The fourth-order valence-corrected chi connectivity index (χ4v) is 2.68. The molecule has 0 saturated heterocycles. The van der Waals surface area contributed by atoms with Crippen LogP contribution >= 0.6 is 11.6 Å². The summed E-state index contributed by atoms with van der Waals surface area (Å²) in [5.74, 6) is 1.53. The first-order chi connectivity index (χ1) is 8.79. The van der Waals surface area contributed by atoms with Crippen molar-refractivity contribution in [1.29, 1.82) is 0 Å². The van der Waals surface area contributed by atoms with Gasteiger partial charge in [-0.15, -0.1) is 11.6 Å². The van der Waals surface area contributed by atoms with E-state index in [1.54, 1.807) is 0 Å². The molecule has 100 valence electrons. The maximum Gasteiger partial charge on any atom is 0.215 e. The highest BCUT2D eigenvalue weighted by molar-refractivity contribution is 6.21. The van der Waals surface area contributed by atoms with Crippen LogP contribution in [0.25, 0.3) is 0 Å². The Morgan fingerprint density at radius 1 is 1.33 bits per heavy atom. The van der Waals surface area contributed by atoms with E-state index in [4.69, 9.17) is 16.3 Å². The molecule has 3 nitrogen and oxygen atoms in total. The van der Waals surface area contributed by atoms with E-state index in [1.807, 2.05) is 25.1 Å². The van der Waals surface area contributed by atoms with Gasteiger partial charge in [0.1, 0.15) is 5.82 Å². The minimum atomic E-state index is 0.199. The summed E-state index contributed by atoms with van der Waals surface area (Å²) in [6.45, 7) is 2.60. The van der Waals surface area contributed by atoms with E-state index in [0.717, 1.165) is 18.7 Å². The van der Waals surface area contributed by atoms with Gasteiger partial charge in [0.25, 0.3) is 0 Å². The van der Waals surface area contributed by atoms with Gasteiger partial charge in [-0.2, -0.15) is 4.98 Å². The van der Waals surface area contributed by atoms with Crippen LogP contribution < -0.4 is 10.1 Å². The van der Waals surface area contributed by atoms with Gasteiger partial charge in [-0.05, 0) is 25.8 Å². The van der Waals surface area contributed by atoms with Crippen molar-refractivity contribution in [2.24, 2.45) is 0 Å². The van der Waals surface area contributed by atoms with Crippen LogP contribution in [-0.4, -0.2) is 23.0 Å². The number of hydrogen-bond donors (Lipinski definition) is 1. The summed E-state index contributed by atoms with van der Waals surface area (Å²) < 4.78 is 5.40. The molecule has 1 aliphatic rings. The summed E-state index contributed by atoms with van der Waals surface area (Å²) in [6, 6.07) is 6.12. The number of hydrogen-bond acceptors (Lipinski definition) is 3. The number of nitrogens with one attached hydrogen (secondary N) is 1. The largest absolute Gasteiger partial charge is 0.478 e. The highest BCUT2D eigenvalue weighted by Gasteiger charge is 2.21. The molecule has 1 aromatic rings. The van der Waals surface area contributed by atoms with Crippen LogP contribution in [0.1, 0.15) is 39.0 Å². The molecule has 4 heteroatoms. The highest BCUT2D eigenvalue weighted by Crippen LogP contribution is 2.25. The Bertz CT molecular complexity index is 373. The fourth-order valence-electron chi connectivity index (χ4n) is 2.34. The first-order valence-corrected chi connectivity index (χ1v) is 7.23. The van der Waals surface area contributed by atoms with E-state index in [9.17, 15) is 0 Å². The van der Waals surface area contributed by atoms with Gasteiger partial charge < -0.3 is 10.1 Å². The topological polar surface area (TPSA) is 34.1 Å². The Morgan fingerprint density at radius 2 is 2.17 bits per heavy atom. The molecule has 1 aromatic heterocycles. The molecule has 0 amide bonds. The van der Waals surface area contributed by atoms with Crippen molar-refractivity contribution < 1.29 is 4.74 Å². The smallest absolute Gasteiger partial charge is 0.215 e. The van der Waals surface area contributed by atoms with Crippen LogP contribution in [0.5, 0.6) is 5.88 Å². The fraction of sp³-hybridized carbons (Fsp3) is 0.643. The normalized spacial score (nSPS) is 24.3. The molecule has 2 unspecified atom stereocenters. The Labute approximate surface area is 114 Å². The predicted octanol–water partition coefficient (Wildman–Crippen LogP) is 3.83. The number of alkyl halides is 1. The van der Waals surface area contributed by atoms with E-state index in [2.05, 4.69) is 10.3 Å². The molecule has 0 aromatic carbocycles. The van der Waals surface area contributed by atoms with Crippen LogP contribution in [0.4, 0.5) is 5.82 Å². The summed E-state index contributed by atoms with van der Waals surface area (Å²) in [5, 5.41) is 3.65. The first-order valence-electron chi connectivity index (χ1n) is 6.80. The zero-order valence-electron chi connectivity index (χ0n) is 10.9. The molecular weight excluding hydrogens is 248 g/mol. The SMILES string of the molecule is CCOc1cccc(NC2CCCCCC2Cl)n1. The third-order valence-corrected chi connectivity index (χ3v) is 3.80. The van der Waals surface area contributed by atoms with Crippen molar-refractivity contribution in [1.82, 2.24) is 4.98 Å². The Hall–Kier alpha value is -0.960. The van der Waals surface area contributed by atoms with Crippen molar-refractivity contribution in [2.75, 3.05) is 11.9 Å². The van der Waals surface area contributed by atoms with Crippen LogP contribution in [0.15, 0.2) is 18.2 Å². The van der Waals surface area contributed by atoms with Gasteiger partial charge in [-0.1, -0.05) is 25.3 Å². The van der Waals surface area contributed by atoms with Gasteiger partial charge in [0, 0.05) is 12.1 Å². The van der Waals surface area contributed by atoms with Crippen LogP contribution in [0.2, 0.25) is 0 Å². The van der Waals surface area contributed by atoms with Gasteiger partial charge in [-0.25, -0.2) is 0 Å². The Balaban J connectivity index is 2.00. The molecule has 1 fully saturated rings. The van der Waals surface area contributed by atoms with Gasteiger partial charge in [0.05, 0.1) is 12.0 Å². The second-order valence-electron chi connectivity index (χ2n) is 4.70. The molecule has 0 spiro atoms. The third-order valence-electron chi connectivity index (χ3n) is 3.28. The third kappa shape index (κ3) is 3.77. The lowest BCUT2D eigenvalue weighted by Crippen LogP contribution is -2.29. The number of aromatic nitrogens is 1. The van der Waals surface area contributed by atoms with Crippen molar-refractivity contribution in [3.05, 3.63) is 18.2 Å². The lowest BCUT2D eigenvalue weighted by molar-refractivity contribution is 0.327. The van der Waals surface area contributed by atoms with E-state index in [0.29, 0.717) is 18.5 Å². The van der Waals surface area contributed by atoms with E-state index >= 15 is 0 Å². The molecule has 2 rings (SSSR count). The first kappa shape index (κ1) is 13.5. The minimum absolute atomic E-state index is 0.199. The molecule has 2 atom stereocenters. The summed E-state index contributed by atoms with van der Waals surface area (Å²) in [7, 11) is 0. The average molecular weight is 269 g/mol. The standard InChI is InChI=1S/C14H21ClN2O/c1-2-18-14-10-6-9-13(17-14)16-12-8-5-3-4-7-11(12)15/h6,9-12H,2-5,7-8H2,1H3,(H,16,17). The van der Waals surface area contributed by atoms with Crippen molar-refractivity contribution in [3.8, 4) is 5.88 Å². The Kier molecular flexibility index (Phi) is 5.12. The maximum atomic E-state index is 6.42. The molecular formula is C14H21ClN2O. The maximum absolute atomic E-state index is 6.42. The van der Waals surface area contributed by atoms with Crippen molar-refractivity contribution in [2.45, 2.75) is 50.4 Å². The number of halogens is 1. The summed E-state index contributed by atoms with van der Waals surface area (Å²) in [4.78, 5) is 4.43.